The number of hydrogen-bond donors (Lipinski definition) is 2. The van der Waals surface area contributed by atoms with Gasteiger partial charge in [-0.15, -0.1) is 0 Å². The molecule has 0 fully saturated rings. The molecule has 0 radical (unpaired) electrons. The molecule has 116 valence electrons. The number of hydrogen-bond acceptors (Lipinski definition) is 3. The Labute approximate surface area is 126 Å². The minimum atomic E-state index is -1.27. The van der Waals surface area contributed by atoms with Gasteiger partial charge in [0, 0.05) is 24.4 Å². The van der Waals surface area contributed by atoms with Crippen LogP contribution in [0.25, 0.3) is 0 Å². The predicted octanol–water partition coefficient (Wildman–Crippen LogP) is 1.64. The van der Waals surface area contributed by atoms with Crippen molar-refractivity contribution in [1.29, 1.82) is 0 Å². The number of benzene rings is 1. The number of carboxylic acids is 1. The zero-order chi connectivity index (χ0) is 16.2. The lowest BCUT2D eigenvalue weighted by molar-refractivity contribution is 0.0697. The molecule has 0 aliphatic rings. The normalized spacial score (nSPS) is 12.0. The maximum atomic E-state index is 12.0. The van der Waals surface area contributed by atoms with Crippen molar-refractivity contribution >= 4 is 28.5 Å². The smallest absolute Gasteiger partial charge is 0.335 e. The highest BCUT2D eigenvalue weighted by atomic mass is 32.2. The fourth-order valence-corrected chi connectivity index (χ4v) is 2.43. The van der Waals surface area contributed by atoms with Crippen molar-refractivity contribution in [2.24, 2.45) is 0 Å². The first-order valence-corrected chi connectivity index (χ1v) is 7.85. The fourth-order valence-electron chi connectivity index (χ4n) is 1.70. The Morgan fingerprint density at radius 1 is 1.29 bits per heavy atom. The number of rotatable bonds is 6. The molecular formula is C14H20N2O4S. The molecule has 1 aromatic rings. The monoisotopic (exact) mass is 312 g/mol. The van der Waals surface area contributed by atoms with Crippen LogP contribution in [-0.4, -0.2) is 40.0 Å². The highest BCUT2D eigenvalue weighted by molar-refractivity contribution is 7.86. The van der Waals surface area contributed by atoms with E-state index in [4.69, 9.17) is 5.11 Å². The quantitative estimate of drug-likeness (QED) is 0.836. The Hall–Kier alpha value is -1.89. The van der Waals surface area contributed by atoms with E-state index in [0.717, 1.165) is 0 Å². The predicted molar refractivity (Wildman–Crippen MR) is 83.1 cm³/mol. The SMILES string of the molecule is CCS(=O)N(C)c1cc(C(=O)O)cc(C(=O)NC(C)C)c1. The van der Waals surface area contributed by atoms with E-state index in [2.05, 4.69) is 5.32 Å². The van der Waals surface area contributed by atoms with Crippen molar-refractivity contribution in [2.45, 2.75) is 26.8 Å². The summed E-state index contributed by atoms with van der Waals surface area (Å²) in [5.74, 6) is -1.09. The van der Waals surface area contributed by atoms with E-state index in [1.165, 1.54) is 22.5 Å². The van der Waals surface area contributed by atoms with Crippen LogP contribution < -0.4 is 9.62 Å². The number of amides is 1. The van der Waals surface area contributed by atoms with Gasteiger partial charge in [0.25, 0.3) is 5.91 Å². The fraction of sp³-hybridized carbons (Fsp3) is 0.429. The van der Waals surface area contributed by atoms with Crippen molar-refractivity contribution < 1.29 is 18.9 Å². The van der Waals surface area contributed by atoms with E-state index in [1.807, 2.05) is 13.8 Å². The number of aromatic carboxylic acids is 1. The number of nitrogens with one attached hydrogen (secondary N) is 1. The van der Waals surface area contributed by atoms with Crippen LogP contribution >= 0.6 is 0 Å². The Morgan fingerprint density at radius 2 is 1.86 bits per heavy atom. The second-order valence-electron chi connectivity index (χ2n) is 4.81. The Bertz CT molecular complexity index is 572. The van der Waals surface area contributed by atoms with Crippen molar-refractivity contribution in [1.82, 2.24) is 5.32 Å². The standard InChI is InChI=1S/C14H20N2O4S/c1-5-21(20)16(4)12-7-10(13(17)15-9(2)3)6-11(8-12)14(18)19/h6-9H,5H2,1-4H3,(H,15,17)(H,18,19). The third-order valence-electron chi connectivity index (χ3n) is 2.76. The number of carbonyl (C=O) groups excluding carboxylic acids is 1. The molecule has 0 saturated carbocycles. The van der Waals surface area contributed by atoms with Gasteiger partial charge in [-0.1, -0.05) is 6.92 Å². The second kappa shape index (κ2) is 7.21. The van der Waals surface area contributed by atoms with Crippen molar-refractivity contribution in [2.75, 3.05) is 17.1 Å². The third kappa shape index (κ3) is 4.56. The molecule has 0 heterocycles. The summed E-state index contributed by atoms with van der Waals surface area (Å²) in [5, 5.41) is 11.9. The van der Waals surface area contributed by atoms with Crippen LogP contribution in [0.15, 0.2) is 18.2 Å². The third-order valence-corrected chi connectivity index (χ3v) is 4.08. The Kier molecular flexibility index (Phi) is 5.90. The molecule has 1 amide bonds. The molecule has 0 saturated heterocycles. The molecule has 1 aromatic carbocycles. The molecule has 0 aliphatic carbocycles. The van der Waals surface area contributed by atoms with Crippen LogP contribution in [0, 0.1) is 0 Å². The number of nitrogens with zero attached hydrogens (tertiary/aromatic N) is 1. The lowest BCUT2D eigenvalue weighted by atomic mass is 10.1. The summed E-state index contributed by atoms with van der Waals surface area (Å²) in [7, 11) is 0.334. The van der Waals surface area contributed by atoms with Crippen molar-refractivity contribution in [3.63, 3.8) is 0 Å². The van der Waals surface area contributed by atoms with Crippen LogP contribution in [0.5, 0.6) is 0 Å². The Morgan fingerprint density at radius 3 is 2.33 bits per heavy atom. The van der Waals surface area contributed by atoms with Gasteiger partial charge < -0.3 is 10.4 Å². The average Bonchev–Trinajstić information content (AvgIpc) is 2.44. The van der Waals surface area contributed by atoms with E-state index in [0.29, 0.717) is 11.4 Å². The van der Waals surface area contributed by atoms with E-state index in [9.17, 15) is 13.8 Å². The van der Waals surface area contributed by atoms with Gasteiger partial charge in [0.05, 0.1) is 11.3 Å². The highest BCUT2D eigenvalue weighted by Crippen LogP contribution is 2.20. The van der Waals surface area contributed by atoms with Crippen LogP contribution in [0.3, 0.4) is 0 Å². The van der Waals surface area contributed by atoms with Gasteiger partial charge in [0.15, 0.2) is 0 Å². The minimum absolute atomic E-state index is 0.0126. The van der Waals surface area contributed by atoms with E-state index < -0.39 is 17.0 Å². The van der Waals surface area contributed by atoms with Crippen LogP contribution in [0.2, 0.25) is 0 Å². The molecule has 1 atom stereocenters. The molecule has 0 aromatic heterocycles. The summed E-state index contributed by atoms with van der Waals surface area (Å²) >= 11 is 0. The van der Waals surface area contributed by atoms with Gasteiger partial charge in [-0.05, 0) is 32.0 Å². The van der Waals surface area contributed by atoms with Crippen molar-refractivity contribution in [3.8, 4) is 0 Å². The molecule has 0 aliphatic heterocycles. The summed E-state index contributed by atoms with van der Waals surface area (Å²) in [6.45, 7) is 5.40. The van der Waals surface area contributed by atoms with E-state index in [-0.39, 0.29) is 23.1 Å². The zero-order valence-corrected chi connectivity index (χ0v) is 13.4. The van der Waals surface area contributed by atoms with E-state index >= 15 is 0 Å². The first kappa shape index (κ1) is 17.2. The van der Waals surface area contributed by atoms with Crippen LogP contribution in [0.1, 0.15) is 41.5 Å². The lowest BCUT2D eigenvalue weighted by Crippen LogP contribution is -2.30. The van der Waals surface area contributed by atoms with Crippen LogP contribution in [0.4, 0.5) is 5.69 Å². The average molecular weight is 312 g/mol. The van der Waals surface area contributed by atoms with Crippen molar-refractivity contribution in [3.05, 3.63) is 29.3 Å². The van der Waals surface area contributed by atoms with Gasteiger partial charge in [-0.2, -0.15) is 0 Å². The summed E-state index contributed by atoms with van der Waals surface area (Å²) in [4.78, 5) is 23.2. The number of anilines is 1. The highest BCUT2D eigenvalue weighted by Gasteiger charge is 2.16. The molecule has 1 rings (SSSR count). The summed E-state index contributed by atoms with van der Waals surface area (Å²) in [5.41, 5.74) is 0.656. The van der Waals surface area contributed by atoms with Gasteiger partial charge in [-0.25, -0.2) is 9.00 Å². The molecular weight excluding hydrogens is 292 g/mol. The first-order chi connectivity index (χ1) is 9.76. The Balaban J connectivity index is 3.26. The number of carboxylic acid groups (broad SMARTS) is 1. The van der Waals surface area contributed by atoms with Crippen LogP contribution in [-0.2, 0) is 11.0 Å². The zero-order valence-electron chi connectivity index (χ0n) is 12.5. The van der Waals surface area contributed by atoms with Gasteiger partial charge in [0.1, 0.15) is 11.0 Å². The molecule has 0 bridgehead atoms. The minimum Gasteiger partial charge on any atom is -0.478 e. The molecule has 1 unspecified atom stereocenters. The largest absolute Gasteiger partial charge is 0.478 e. The van der Waals surface area contributed by atoms with Gasteiger partial charge >= 0.3 is 5.97 Å². The molecule has 7 heteroatoms. The first-order valence-electron chi connectivity index (χ1n) is 6.57. The molecule has 6 nitrogen and oxygen atoms in total. The number of carbonyl (C=O) groups is 2. The maximum Gasteiger partial charge on any atom is 0.335 e. The van der Waals surface area contributed by atoms with Gasteiger partial charge in [-0.3, -0.25) is 9.10 Å². The topological polar surface area (TPSA) is 86.7 Å². The molecule has 21 heavy (non-hydrogen) atoms. The summed E-state index contributed by atoms with van der Waals surface area (Å²) in [6.07, 6.45) is 0. The van der Waals surface area contributed by atoms with E-state index in [1.54, 1.807) is 14.0 Å². The molecule has 2 N–H and O–H groups in total. The summed E-state index contributed by atoms with van der Waals surface area (Å²) < 4.78 is 13.3. The molecule has 0 spiro atoms. The second-order valence-corrected chi connectivity index (χ2v) is 6.58. The maximum absolute atomic E-state index is 12.0. The lowest BCUT2D eigenvalue weighted by Gasteiger charge is -2.19. The summed E-state index contributed by atoms with van der Waals surface area (Å²) in [6, 6.07) is 4.20. The van der Waals surface area contributed by atoms with Gasteiger partial charge in [0.2, 0.25) is 0 Å².